The minimum absolute atomic E-state index is 0.0926. The van der Waals surface area contributed by atoms with E-state index in [1.54, 1.807) is 27.4 Å². The van der Waals surface area contributed by atoms with Gasteiger partial charge >= 0.3 is 0 Å². The summed E-state index contributed by atoms with van der Waals surface area (Å²) < 4.78 is 8.91. The van der Waals surface area contributed by atoms with E-state index in [4.69, 9.17) is 21.3 Å². The van der Waals surface area contributed by atoms with Gasteiger partial charge in [-0.05, 0) is 66.9 Å². The van der Waals surface area contributed by atoms with E-state index in [0.717, 1.165) is 16.8 Å². The molecule has 2 aromatic heterocycles. The van der Waals surface area contributed by atoms with E-state index in [0.29, 0.717) is 58.8 Å². The Morgan fingerprint density at radius 1 is 1.15 bits per heavy atom. The van der Waals surface area contributed by atoms with Crippen molar-refractivity contribution in [3.63, 3.8) is 0 Å². The van der Waals surface area contributed by atoms with Crippen LogP contribution in [-0.4, -0.2) is 43.0 Å². The summed E-state index contributed by atoms with van der Waals surface area (Å²) in [5, 5.41) is 14.0. The van der Waals surface area contributed by atoms with Gasteiger partial charge in [0.05, 0.1) is 22.3 Å². The number of aromatic nitrogens is 6. The number of ether oxygens (including phenoxy) is 1. The summed E-state index contributed by atoms with van der Waals surface area (Å²) in [5.74, 6) is 1.13. The molecule has 8 nitrogen and oxygen atoms in total. The number of halogens is 1. The quantitative estimate of drug-likeness (QED) is 0.198. The fraction of sp³-hybridized carbons (Fsp3) is 0.348. The van der Waals surface area contributed by atoms with E-state index in [-0.39, 0.29) is 5.56 Å². The second-order valence-corrected chi connectivity index (χ2v) is 8.98. The third kappa shape index (κ3) is 5.10. The fourth-order valence-corrected chi connectivity index (χ4v) is 4.79. The standard InChI is InChI=1S/C23H25ClN6O2S/c1-4-32-12-6-11-29-22(31)18-10-9-17(24)13-19(18)25-23(29)33-14-20-26-27-28-30(20)21-15(2)7-5-8-16(21)3/h5,7-10,13H,4,6,11-12,14H2,1-3H3. The number of benzene rings is 2. The molecule has 0 saturated heterocycles. The zero-order valence-corrected chi connectivity index (χ0v) is 20.4. The first-order valence-corrected chi connectivity index (χ1v) is 12.1. The lowest BCUT2D eigenvalue weighted by molar-refractivity contribution is 0.140. The predicted octanol–water partition coefficient (Wildman–Crippen LogP) is 4.36. The minimum atomic E-state index is -0.0926. The third-order valence-electron chi connectivity index (χ3n) is 5.27. The first-order valence-electron chi connectivity index (χ1n) is 10.7. The lowest BCUT2D eigenvalue weighted by Crippen LogP contribution is -2.24. The van der Waals surface area contributed by atoms with Crippen molar-refractivity contribution in [1.29, 1.82) is 0 Å². The summed E-state index contributed by atoms with van der Waals surface area (Å²) in [4.78, 5) is 18.0. The van der Waals surface area contributed by atoms with Crippen LogP contribution in [0.1, 0.15) is 30.3 Å². The number of fused-ring (bicyclic) bond motifs is 1. The number of tetrazole rings is 1. The molecule has 0 amide bonds. The zero-order valence-electron chi connectivity index (χ0n) is 18.8. The first kappa shape index (κ1) is 23.4. The minimum Gasteiger partial charge on any atom is -0.382 e. The smallest absolute Gasteiger partial charge is 0.262 e. The SMILES string of the molecule is CCOCCCn1c(SCc2nnnn2-c2c(C)cccc2C)nc2cc(Cl)ccc2c1=O. The highest BCUT2D eigenvalue weighted by Crippen LogP contribution is 2.25. The van der Waals surface area contributed by atoms with Crippen LogP contribution in [-0.2, 0) is 17.0 Å². The molecule has 0 bridgehead atoms. The Balaban J connectivity index is 1.67. The van der Waals surface area contributed by atoms with Crippen molar-refractivity contribution in [2.24, 2.45) is 0 Å². The van der Waals surface area contributed by atoms with Crippen LogP contribution in [0.2, 0.25) is 5.02 Å². The second-order valence-electron chi connectivity index (χ2n) is 7.60. The Bertz CT molecular complexity index is 1320. The summed E-state index contributed by atoms with van der Waals surface area (Å²) in [5.41, 5.74) is 3.61. The van der Waals surface area contributed by atoms with Crippen LogP contribution in [0.3, 0.4) is 0 Å². The molecule has 33 heavy (non-hydrogen) atoms. The fourth-order valence-electron chi connectivity index (χ4n) is 3.69. The van der Waals surface area contributed by atoms with E-state index in [2.05, 4.69) is 15.5 Å². The monoisotopic (exact) mass is 484 g/mol. The molecule has 0 aliphatic rings. The molecule has 4 rings (SSSR count). The maximum absolute atomic E-state index is 13.2. The molecular weight excluding hydrogens is 460 g/mol. The molecule has 0 spiro atoms. The van der Waals surface area contributed by atoms with Gasteiger partial charge in [0.15, 0.2) is 11.0 Å². The molecule has 10 heteroatoms. The Labute approximate surface area is 200 Å². The molecule has 0 saturated carbocycles. The maximum atomic E-state index is 13.2. The van der Waals surface area contributed by atoms with Gasteiger partial charge < -0.3 is 4.74 Å². The normalized spacial score (nSPS) is 11.4. The molecule has 0 fully saturated rings. The number of aryl methyl sites for hydroxylation is 2. The van der Waals surface area contributed by atoms with E-state index < -0.39 is 0 Å². The van der Waals surface area contributed by atoms with Crippen LogP contribution in [0.5, 0.6) is 0 Å². The van der Waals surface area contributed by atoms with Crippen LogP contribution in [0, 0.1) is 13.8 Å². The number of rotatable bonds is 9. The number of hydrogen-bond acceptors (Lipinski definition) is 7. The molecule has 2 aromatic carbocycles. The average Bonchev–Trinajstić information content (AvgIpc) is 3.24. The Kier molecular flexibility index (Phi) is 7.42. The highest BCUT2D eigenvalue weighted by molar-refractivity contribution is 7.98. The molecular formula is C23H25ClN6O2S. The van der Waals surface area contributed by atoms with Gasteiger partial charge in [-0.3, -0.25) is 9.36 Å². The summed E-state index contributed by atoms with van der Waals surface area (Å²) >= 11 is 7.58. The van der Waals surface area contributed by atoms with Gasteiger partial charge in [0.1, 0.15) is 0 Å². The summed E-state index contributed by atoms with van der Waals surface area (Å²) in [6, 6.07) is 11.2. The number of nitrogens with zero attached hydrogens (tertiary/aromatic N) is 6. The van der Waals surface area contributed by atoms with E-state index in [9.17, 15) is 4.79 Å². The van der Waals surface area contributed by atoms with Crippen molar-refractivity contribution >= 4 is 34.3 Å². The van der Waals surface area contributed by atoms with E-state index in [1.165, 1.54) is 11.8 Å². The van der Waals surface area contributed by atoms with Gasteiger partial charge in [0.2, 0.25) is 0 Å². The molecule has 0 aliphatic carbocycles. The molecule has 0 radical (unpaired) electrons. The highest BCUT2D eigenvalue weighted by atomic mass is 35.5. The van der Waals surface area contributed by atoms with Crippen molar-refractivity contribution in [2.45, 2.75) is 44.6 Å². The summed E-state index contributed by atoms with van der Waals surface area (Å²) in [6.07, 6.45) is 0.711. The summed E-state index contributed by atoms with van der Waals surface area (Å²) in [7, 11) is 0. The van der Waals surface area contributed by atoms with Crippen LogP contribution in [0.15, 0.2) is 46.3 Å². The zero-order chi connectivity index (χ0) is 23.4. The van der Waals surface area contributed by atoms with Crippen molar-refractivity contribution in [3.8, 4) is 5.69 Å². The van der Waals surface area contributed by atoms with E-state index in [1.807, 2.05) is 39.0 Å². The Morgan fingerprint density at radius 2 is 1.94 bits per heavy atom. The number of hydrogen-bond donors (Lipinski definition) is 0. The third-order valence-corrected chi connectivity index (χ3v) is 6.48. The van der Waals surface area contributed by atoms with Crippen LogP contribution < -0.4 is 5.56 Å². The molecule has 0 atom stereocenters. The van der Waals surface area contributed by atoms with Gasteiger partial charge in [-0.2, -0.15) is 4.68 Å². The summed E-state index contributed by atoms with van der Waals surface area (Å²) in [6.45, 7) is 7.75. The van der Waals surface area contributed by atoms with E-state index >= 15 is 0 Å². The first-order chi connectivity index (χ1) is 16.0. The van der Waals surface area contributed by atoms with Gasteiger partial charge in [0, 0.05) is 24.8 Å². The maximum Gasteiger partial charge on any atom is 0.262 e. The lowest BCUT2D eigenvalue weighted by Gasteiger charge is -2.14. The Hall–Kier alpha value is -2.75. The largest absolute Gasteiger partial charge is 0.382 e. The lowest BCUT2D eigenvalue weighted by atomic mass is 10.1. The van der Waals surface area contributed by atoms with Gasteiger partial charge in [-0.15, -0.1) is 5.10 Å². The van der Waals surface area contributed by atoms with Crippen molar-refractivity contribution < 1.29 is 4.74 Å². The topological polar surface area (TPSA) is 87.7 Å². The van der Waals surface area contributed by atoms with Crippen molar-refractivity contribution in [3.05, 3.63) is 68.7 Å². The predicted molar refractivity (Wildman–Crippen MR) is 130 cm³/mol. The molecule has 0 N–H and O–H groups in total. The molecule has 172 valence electrons. The van der Waals surface area contributed by atoms with Crippen molar-refractivity contribution in [1.82, 2.24) is 29.8 Å². The molecule has 0 aliphatic heterocycles. The van der Waals surface area contributed by atoms with Gasteiger partial charge in [-0.25, -0.2) is 4.98 Å². The van der Waals surface area contributed by atoms with Crippen LogP contribution in [0.25, 0.3) is 16.6 Å². The molecule has 0 unspecified atom stereocenters. The van der Waals surface area contributed by atoms with Crippen molar-refractivity contribution in [2.75, 3.05) is 13.2 Å². The van der Waals surface area contributed by atoms with Crippen LogP contribution in [0.4, 0.5) is 0 Å². The average molecular weight is 485 g/mol. The van der Waals surface area contributed by atoms with Crippen LogP contribution >= 0.6 is 23.4 Å². The van der Waals surface area contributed by atoms with Gasteiger partial charge in [0.25, 0.3) is 5.56 Å². The second kappa shape index (κ2) is 10.5. The number of thioether (sulfide) groups is 1. The highest BCUT2D eigenvalue weighted by Gasteiger charge is 2.16. The van der Waals surface area contributed by atoms with Gasteiger partial charge in [-0.1, -0.05) is 41.6 Å². The molecule has 4 aromatic rings. The number of para-hydroxylation sites is 1. The molecule has 2 heterocycles. The Morgan fingerprint density at radius 3 is 2.70 bits per heavy atom.